The number of ether oxygens (including phenoxy) is 2. The second-order valence-corrected chi connectivity index (χ2v) is 5.17. The number of nitrogens with zero attached hydrogens (tertiary/aromatic N) is 1. The molecule has 0 aliphatic rings. The molecule has 0 bridgehead atoms. The molecule has 120 valence electrons. The van der Waals surface area contributed by atoms with Crippen LogP contribution < -0.4 is 5.43 Å². The Morgan fingerprint density at radius 2 is 1.57 bits per heavy atom. The second-order valence-electron chi connectivity index (χ2n) is 4.74. The molecule has 7 heteroatoms. The van der Waals surface area contributed by atoms with Crippen molar-refractivity contribution in [2.75, 3.05) is 14.2 Å². The number of esters is 2. The van der Waals surface area contributed by atoms with Crippen LogP contribution in [0.4, 0.5) is 0 Å². The summed E-state index contributed by atoms with van der Waals surface area (Å²) < 4.78 is 10.7. The van der Waals surface area contributed by atoms with Crippen LogP contribution in [0.25, 0.3) is 5.69 Å². The van der Waals surface area contributed by atoms with Crippen molar-refractivity contribution in [2.45, 2.75) is 6.92 Å². The maximum Gasteiger partial charge on any atom is 0.343 e. The second kappa shape index (κ2) is 6.66. The largest absolute Gasteiger partial charge is 0.465 e. The van der Waals surface area contributed by atoms with Crippen molar-refractivity contribution < 1.29 is 19.1 Å². The summed E-state index contributed by atoms with van der Waals surface area (Å²) in [7, 11) is 2.31. The summed E-state index contributed by atoms with van der Waals surface area (Å²) in [5.41, 5.74) is 0.193. The summed E-state index contributed by atoms with van der Waals surface area (Å²) in [6.07, 6.45) is 2.63. The summed E-state index contributed by atoms with van der Waals surface area (Å²) in [4.78, 5) is 35.9. The number of carbonyl (C=O) groups is 2. The number of methoxy groups -OCH3 is 2. The molecule has 0 amide bonds. The molecule has 0 fully saturated rings. The van der Waals surface area contributed by atoms with Crippen LogP contribution in [0.15, 0.2) is 35.4 Å². The average Bonchev–Trinajstić information content (AvgIpc) is 2.54. The first-order valence-corrected chi connectivity index (χ1v) is 6.96. The van der Waals surface area contributed by atoms with Crippen molar-refractivity contribution in [3.05, 3.63) is 62.5 Å². The van der Waals surface area contributed by atoms with E-state index in [0.29, 0.717) is 10.7 Å². The molecule has 0 spiro atoms. The van der Waals surface area contributed by atoms with E-state index in [2.05, 4.69) is 9.47 Å². The van der Waals surface area contributed by atoms with Crippen LogP contribution in [0.2, 0.25) is 5.02 Å². The predicted molar refractivity (Wildman–Crippen MR) is 84.5 cm³/mol. The van der Waals surface area contributed by atoms with Crippen LogP contribution in [-0.2, 0) is 9.47 Å². The van der Waals surface area contributed by atoms with Gasteiger partial charge in [0, 0.05) is 23.1 Å². The zero-order chi connectivity index (χ0) is 17.1. The predicted octanol–water partition coefficient (Wildman–Crippen LogP) is 2.37. The van der Waals surface area contributed by atoms with Gasteiger partial charge in [-0.3, -0.25) is 4.79 Å². The van der Waals surface area contributed by atoms with Crippen LogP contribution in [-0.4, -0.2) is 30.7 Å². The van der Waals surface area contributed by atoms with Gasteiger partial charge < -0.3 is 14.0 Å². The first-order valence-electron chi connectivity index (χ1n) is 6.58. The van der Waals surface area contributed by atoms with E-state index in [1.807, 2.05) is 6.92 Å². The molecule has 2 aromatic rings. The SMILES string of the molecule is COC(=O)c1cn(-c2ccc(Cl)cc2C)cc(C(=O)OC)c1=O. The van der Waals surface area contributed by atoms with Gasteiger partial charge in [0.25, 0.3) is 0 Å². The Labute approximate surface area is 137 Å². The highest BCUT2D eigenvalue weighted by atomic mass is 35.5. The third kappa shape index (κ3) is 3.27. The Morgan fingerprint density at radius 3 is 2.00 bits per heavy atom. The fourth-order valence-electron chi connectivity index (χ4n) is 2.14. The van der Waals surface area contributed by atoms with E-state index < -0.39 is 17.4 Å². The van der Waals surface area contributed by atoms with Crippen LogP contribution >= 0.6 is 11.6 Å². The number of benzene rings is 1. The molecule has 6 nitrogen and oxygen atoms in total. The lowest BCUT2D eigenvalue weighted by molar-refractivity contribution is 0.0595. The van der Waals surface area contributed by atoms with Gasteiger partial charge in [0.15, 0.2) is 0 Å². The van der Waals surface area contributed by atoms with E-state index in [1.54, 1.807) is 18.2 Å². The van der Waals surface area contributed by atoms with Gasteiger partial charge in [0.05, 0.1) is 14.2 Å². The molecule has 23 heavy (non-hydrogen) atoms. The molecular weight excluding hydrogens is 322 g/mol. The molecule has 2 rings (SSSR count). The van der Waals surface area contributed by atoms with Crippen LogP contribution in [0.1, 0.15) is 26.3 Å². The topological polar surface area (TPSA) is 74.6 Å². The van der Waals surface area contributed by atoms with Gasteiger partial charge in [-0.1, -0.05) is 11.6 Å². The smallest absolute Gasteiger partial charge is 0.343 e. The molecule has 1 aromatic heterocycles. The summed E-state index contributed by atoms with van der Waals surface area (Å²) in [6, 6.07) is 5.10. The first-order chi connectivity index (χ1) is 10.9. The maximum absolute atomic E-state index is 12.3. The average molecular weight is 336 g/mol. The van der Waals surface area contributed by atoms with Crippen molar-refractivity contribution >= 4 is 23.5 Å². The molecule has 0 radical (unpaired) electrons. The highest BCUT2D eigenvalue weighted by Gasteiger charge is 2.21. The number of rotatable bonds is 3. The van der Waals surface area contributed by atoms with Crippen molar-refractivity contribution in [3.63, 3.8) is 0 Å². The van der Waals surface area contributed by atoms with Crippen molar-refractivity contribution in [2.24, 2.45) is 0 Å². The van der Waals surface area contributed by atoms with Crippen molar-refractivity contribution in [1.82, 2.24) is 4.57 Å². The first kappa shape index (κ1) is 16.8. The van der Waals surface area contributed by atoms with Crippen molar-refractivity contribution in [3.8, 4) is 5.69 Å². The van der Waals surface area contributed by atoms with E-state index in [9.17, 15) is 14.4 Å². The number of carbonyl (C=O) groups excluding carboxylic acids is 2. The van der Waals surface area contributed by atoms with E-state index in [0.717, 1.165) is 19.8 Å². The Hall–Kier alpha value is -2.60. The Kier molecular flexibility index (Phi) is 4.86. The van der Waals surface area contributed by atoms with Gasteiger partial charge in [-0.15, -0.1) is 0 Å². The molecule has 0 aliphatic carbocycles. The molecule has 0 saturated carbocycles. The Morgan fingerprint density at radius 1 is 1.04 bits per heavy atom. The lowest BCUT2D eigenvalue weighted by Gasteiger charge is -2.13. The lowest BCUT2D eigenvalue weighted by atomic mass is 10.1. The molecule has 0 aliphatic heterocycles. The van der Waals surface area contributed by atoms with E-state index in [4.69, 9.17) is 11.6 Å². The van der Waals surface area contributed by atoms with Gasteiger partial charge in [-0.25, -0.2) is 9.59 Å². The Balaban J connectivity index is 2.76. The lowest BCUT2D eigenvalue weighted by Crippen LogP contribution is -2.25. The minimum atomic E-state index is -0.832. The number of aromatic nitrogens is 1. The number of hydrogen-bond acceptors (Lipinski definition) is 5. The fraction of sp³-hybridized carbons (Fsp3) is 0.188. The summed E-state index contributed by atoms with van der Waals surface area (Å²) in [5.74, 6) is -1.66. The number of hydrogen-bond donors (Lipinski definition) is 0. The zero-order valence-corrected chi connectivity index (χ0v) is 13.5. The van der Waals surface area contributed by atoms with E-state index >= 15 is 0 Å². The summed E-state index contributed by atoms with van der Waals surface area (Å²) >= 11 is 5.93. The molecule has 0 atom stereocenters. The minimum Gasteiger partial charge on any atom is -0.465 e. The van der Waals surface area contributed by atoms with E-state index in [1.165, 1.54) is 17.0 Å². The minimum absolute atomic E-state index is 0.259. The van der Waals surface area contributed by atoms with Crippen LogP contribution in [0.5, 0.6) is 0 Å². The summed E-state index contributed by atoms with van der Waals surface area (Å²) in [6.45, 7) is 1.81. The number of pyridine rings is 1. The standard InChI is InChI=1S/C16H14ClNO5/c1-9-6-10(17)4-5-13(9)18-7-11(15(20)22-2)14(19)12(8-18)16(21)23-3/h4-8H,1-3H3. The molecule has 0 N–H and O–H groups in total. The monoisotopic (exact) mass is 335 g/mol. The molecular formula is C16H14ClNO5. The Bertz CT molecular complexity index is 801. The van der Waals surface area contributed by atoms with Gasteiger partial charge in [0.1, 0.15) is 11.1 Å². The van der Waals surface area contributed by atoms with Gasteiger partial charge in [-0.2, -0.15) is 0 Å². The molecule has 0 saturated heterocycles. The zero-order valence-electron chi connectivity index (χ0n) is 12.8. The third-order valence-electron chi connectivity index (χ3n) is 3.27. The molecule has 0 unspecified atom stereocenters. The third-order valence-corrected chi connectivity index (χ3v) is 3.51. The highest BCUT2D eigenvalue weighted by molar-refractivity contribution is 6.30. The number of aryl methyl sites for hydroxylation is 1. The normalized spacial score (nSPS) is 10.3. The summed E-state index contributed by atoms with van der Waals surface area (Å²) in [5, 5.41) is 0.550. The van der Waals surface area contributed by atoms with Gasteiger partial charge in [0.2, 0.25) is 5.43 Å². The van der Waals surface area contributed by atoms with Crippen LogP contribution in [0.3, 0.4) is 0 Å². The van der Waals surface area contributed by atoms with Gasteiger partial charge >= 0.3 is 11.9 Å². The van der Waals surface area contributed by atoms with Crippen molar-refractivity contribution in [1.29, 1.82) is 0 Å². The quantitative estimate of drug-likeness (QED) is 0.805. The van der Waals surface area contributed by atoms with Crippen LogP contribution in [0, 0.1) is 6.92 Å². The number of halogens is 1. The molecule has 1 heterocycles. The van der Waals surface area contributed by atoms with Gasteiger partial charge in [-0.05, 0) is 30.7 Å². The fourth-order valence-corrected chi connectivity index (χ4v) is 2.36. The maximum atomic E-state index is 12.3. The molecule has 1 aromatic carbocycles. The highest BCUT2D eigenvalue weighted by Crippen LogP contribution is 2.19. The van der Waals surface area contributed by atoms with E-state index in [-0.39, 0.29) is 11.1 Å².